The molecular weight excluding hydrogens is 390 g/mol. The molecule has 1 saturated carbocycles. The zero-order valence-electron chi connectivity index (χ0n) is 17.8. The van der Waals surface area contributed by atoms with Gasteiger partial charge in [-0.15, -0.1) is 0 Å². The molecule has 164 valence electrons. The number of amides is 2. The fourth-order valence-corrected chi connectivity index (χ4v) is 4.80. The molecule has 2 fully saturated rings. The van der Waals surface area contributed by atoms with E-state index in [4.69, 9.17) is 9.47 Å². The lowest BCUT2D eigenvalue weighted by Gasteiger charge is -2.49. The summed E-state index contributed by atoms with van der Waals surface area (Å²) in [7, 11) is 0. The number of carbonyl (C=O) groups excluding carboxylic acids is 2. The van der Waals surface area contributed by atoms with Gasteiger partial charge in [-0.3, -0.25) is 0 Å². The summed E-state index contributed by atoms with van der Waals surface area (Å²) >= 11 is 0. The van der Waals surface area contributed by atoms with Gasteiger partial charge >= 0.3 is 11.9 Å². The van der Waals surface area contributed by atoms with E-state index in [9.17, 15) is 24.6 Å². The second kappa shape index (κ2) is 7.76. The van der Waals surface area contributed by atoms with Gasteiger partial charge in [0.2, 0.25) is 5.54 Å². The smallest absolute Gasteiger partial charge is 0.366 e. The molecule has 1 aromatic rings. The first-order valence-corrected chi connectivity index (χ1v) is 10.1. The molecule has 2 amide bonds. The minimum Gasteiger partial charge on any atom is -0.498 e. The summed E-state index contributed by atoms with van der Waals surface area (Å²) in [6.07, 6.45) is -2.22. The van der Waals surface area contributed by atoms with Gasteiger partial charge in [0.25, 0.3) is 6.09 Å². The lowest BCUT2D eigenvalue weighted by atomic mass is 9.89. The Morgan fingerprint density at radius 3 is 2.27 bits per heavy atom. The molecule has 0 bridgehead atoms. The predicted molar refractivity (Wildman–Crippen MR) is 104 cm³/mol. The summed E-state index contributed by atoms with van der Waals surface area (Å²) in [5, 5.41) is 22.0. The summed E-state index contributed by atoms with van der Waals surface area (Å²) in [5.74, 6) is -2.14. The van der Waals surface area contributed by atoms with Gasteiger partial charge in [-0.25, -0.2) is 9.59 Å². The van der Waals surface area contributed by atoms with E-state index in [0.717, 1.165) is 5.56 Å². The summed E-state index contributed by atoms with van der Waals surface area (Å²) in [6.45, 7) is 6.35. The first-order valence-electron chi connectivity index (χ1n) is 10.1. The van der Waals surface area contributed by atoms with Gasteiger partial charge < -0.3 is 24.5 Å². The van der Waals surface area contributed by atoms with Crippen molar-refractivity contribution in [2.24, 2.45) is 0 Å². The number of carbonyl (C=O) groups is 3. The van der Waals surface area contributed by atoms with E-state index in [1.165, 1.54) is 27.7 Å². The van der Waals surface area contributed by atoms with Crippen LogP contribution in [0.5, 0.6) is 0 Å². The van der Waals surface area contributed by atoms with Crippen LogP contribution in [-0.4, -0.2) is 56.9 Å². The third-order valence-electron chi connectivity index (χ3n) is 6.41. The number of quaternary nitrogens is 1. The van der Waals surface area contributed by atoms with E-state index >= 15 is 0 Å². The van der Waals surface area contributed by atoms with Crippen LogP contribution in [0.15, 0.2) is 30.3 Å². The van der Waals surface area contributed by atoms with Gasteiger partial charge in [-0.05, 0) is 26.3 Å². The Morgan fingerprint density at radius 2 is 1.80 bits per heavy atom. The number of carboxylic acids is 1. The van der Waals surface area contributed by atoms with E-state index < -0.39 is 39.6 Å². The molecule has 30 heavy (non-hydrogen) atoms. The van der Waals surface area contributed by atoms with Gasteiger partial charge in [0.15, 0.2) is 6.10 Å². The van der Waals surface area contributed by atoms with E-state index in [0.29, 0.717) is 19.4 Å². The first-order chi connectivity index (χ1) is 13.9. The molecule has 3 unspecified atom stereocenters. The van der Waals surface area contributed by atoms with Gasteiger partial charge in [0.1, 0.15) is 5.54 Å². The summed E-state index contributed by atoms with van der Waals surface area (Å²) in [5.41, 5.74) is -2.04. The van der Waals surface area contributed by atoms with Crippen LogP contribution < -0.4 is 5.11 Å². The highest BCUT2D eigenvalue weighted by atomic mass is 16.5. The SMILES string of the molecule is CC(C)(C)[N+]1(C(=O)[O-])C(=O)C(OC2CC(OCc3ccccc3)C2)CC1(C)C(=O)O. The maximum Gasteiger partial charge on any atom is 0.366 e. The van der Waals surface area contributed by atoms with Gasteiger partial charge in [0.05, 0.1) is 25.2 Å². The average molecular weight is 419 g/mol. The fraction of sp³-hybridized carbons (Fsp3) is 0.591. The highest BCUT2D eigenvalue weighted by Gasteiger charge is 2.73. The number of likely N-dealkylation sites (tertiary alicyclic amines) is 1. The van der Waals surface area contributed by atoms with Crippen molar-refractivity contribution in [3.8, 4) is 0 Å². The van der Waals surface area contributed by atoms with E-state index in [2.05, 4.69) is 0 Å². The van der Waals surface area contributed by atoms with E-state index in [-0.39, 0.29) is 18.6 Å². The Morgan fingerprint density at radius 1 is 1.20 bits per heavy atom. The third kappa shape index (κ3) is 3.42. The van der Waals surface area contributed by atoms with Crippen LogP contribution in [0.3, 0.4) is 0 Å². The molecule has 0 spiro atoms. The Balaban J connectivity index is 1.68. The first kappa shape index (κ1) is 22.4. The quantitative estimate of drug-likeness (QED) is 0.700. The Labute approximate surface area is 176 Å². The average Bonchev–Trinajstić information content (AvgIpc) is 2.86. The molecule has 3 rings (SSSR count). The van der Waals surface area contributed by atoms with Crippen molar-refractivity contribution in [1.29, 1.82) is 0 Å². The van der Waals surface area contributed by atoms with E-state index in [1.54, 1.807) is 0 Å². The second-order valence-corrected chi connectivity index (χ2v) is 9.37. The highest BCUT2D eigenvalue weighted by Crippen LogP contribution is 2.47. The minimum atomic E-state index is -1.88. The number of hydrogen-bond acceptors (Lipinski definition) is 6. The van der Waals surface area contributed by atoms with Gasteiger partial charge in [-0.2, -0.15) is 4.48 Å². The molecular formula is C22H29NO7. The van der Waals surface area contributed by atoms with Crippen molar-refractivity contribution in [3.63, 3.8) is 0 Å². The number of ether oxygens (including phenoxy) is 2. The Kier molecular flexibility index (Phi) is 5.79. The van der Waals surface area contributed by atoms with Crippen LogP contribution >= 0.6 is 0 Å². The van der Waals surface area contributed by atoms with Crippen molar-refractivity contribution in [2.75, 3.05) is 0 Å². The monoisotopic (exact) mass is 419 g/mol. The maximum atomic E-state index is 13.2. The van der Waals surface area contributed by atoms with Crippen LogP contribution in [0.4, 0.5) is 4.79 Å². The summed E-state index contributed by atoms with van der Waals surface area (Å²) in [4.78, 5) is 37.5. The van der Waals surface area contributed by atoms with Crippen LogP contribution in [0.2, 0.25) is 0 Å². The number of benzene rings is 1. The van der Waals surface area contributed by atoms with Crippen LogP contribution in [0.1, 0.15) is 52.5 Å². The van der Waals surface area contributed by atoms with Crippen molar-refractivity contribution < 1.29 is 38.6 Å². The molecule has 8 nitrogen and oxygen atoms in total. The zero-order valence-corrected chi connectivity index (χ0v) is 17.8. The molecule has 8 heteroatoms. The lowest BCUT2D eigenvalue weighted by molar-refractivity contribution is -0.881. The third-order valence-corrected chi connectivity index (χ3v) is 6.41. The number of aliphatic carboxylic acids is 1. The fourth-order valence-electron chi connectivity index (χ4n) is 4.80. The molecule has 1 aliphatic heterocycles. The maximum absolute atomic E-state index is 13.2. The Bertz CT molecular complexity index is 828. The Hall–Kier alpha value is -2.29. The number of rotatable bonds is 6. The normalized spacial score (nSPS) is 33.9. The molecule has 0 aromatic heterocycles. The number of nitrogens with zero attached hydrogens (tertiary/aromatic N) is 1. The highest BCUT2D eigenvalue weighted by molar-refractivity contribution is 5.93. The molecule has 0 radical (unpaired) electrons. The molecule has 1 aliphatic carbocycles. The van der Waals surface area contributed by atoms with Crippen LogP contribution in [0, 0.1) is 0 Å². The molecule has 3 atom stereocenters. The minimum absolute atomic E-state index is 0.0134. The van der Waals surface area contributed by atoms with E-state index in [1.807, 2.05) is 30.3 Å². The number of hydrogen-bond donors (Lipinski definition) is 1. The van der Waals surface area contributed by atoms with Crippen molar-refractivity contribution in [1.82, 2.24) is 0 Å². The molecule has 1 aromatic carbocycles. The topological polar surface area (TPSA) is 113 Å². The van der Waals surface area contributed by atoms with Crippen LogP contribution in [0.25, 0.3) is 0 Å². The molecule has 1 heterocycles. The number of carboxylic acid groups (broad SMARTS) is 2. The predicted octanol–water partition coefficient (Wildman–Crippen LogP) is 1.85. The molecule has 1 saturated heterocycles. The zero-order chi connectivity index (χ0) is 22.3. The van der Waals surface area contributed by atoms with Crippen molar-refractivity contribution >= 4 is 18.0 Å². The van der Waals surface area contributed by atoms with Crippen molar-refractivity contribution in [3.05, 3.63) is 35.9 Å². The van der Waals surface area contributed by atoms with Crippen molar-refractivity contribution in [2.45, 2.75) is 83.0 Å². The largest absolute Gasteiger partial charge is 0.498 e. The number of imide groups is 1. The summed E-state index contributed by atoms with van der Waals surface area (Å²) in [6, 6.07) is 9.76. The van der Waals surface area contributed by atoms with Gasteiger partial charge in [0, 0.05) is 19.8 Å². The summed E-state index contributed by atoms with van der Waals surface area (Å²) < 4.78 is 10.4. The van der Waals surface area contributed by atoms with Gasteiger partial charge in [-0.1, -0.05) is 30.3 Å². The molecule has 2 aliphatic rings. The standard InChI is InChI=1S/C22H29NO7/c1-21(2,3)23(20(27)28)18(24)17(12-22(23,4)19(25)26)30-16-10-15(11-16)29-13-14-8-6-5-7-9-14/h5-9,15-17H,10-13H2,1-4H3,(H-,25,26,27,28). The second-order valence-electron chi connectivity index (χ2n) is 9.37. The molecule has 1 N–H and O–H groups in total. The lowest BCUT2D eigenvalue weighted by Crippen LogP contribution is -2.78. The van der Waals surface area contributed by atoms with Crippen LogP contribution in [-0.2, 0) is 25.7 Å².